The summed E-state index contributed by atoms with van der Waals surface area (Å²) in [6, 6.07) is 6.65. The molecule has 0 atom stereocenters. The van der Waals surface area contributed by atoms with Crippen molar-refractivity contribution in [1.29, 1.82) is 0 Å². The monoisotopic (exact) mass is 249 g/mol. The van der Waals surface area contributed by atoms with Crippen LogP contribution in [0.1, 0.15) is 31.4 Å². The zero-order valence-electron chi connectivity index (χ0n) is 10.0. The van der Waals surface area contributed by atoms with E-state index >= 15 is 0 Å². The predicted octanol–water partition coefficient (Wildman–Crippen LogP) is 2.66. The van der Waals surface area contributed by atoms with Crippen LogP contribution in [-0.2, 0) is 5.60 Å². The summed E-state index contributed by atoms with van der Waals surface area (Å²) < 4.78 is 19.1. The van der Waals surface area contributed by atoms with Crippen LogP contribution in [0.4, 0.5) is 4.39 Å². The zero-order chi connectivity index (χ0) is 12.8. The van der Waals surface area contributed by atoms with E-state index in [1.807, 2.05) is 0 Å². The minimum atomic E-state index is -0.999. The first-order valence-electron chi connectivity index (χ1n) is 6.25. The molecule has 0 aliphatic heterocycles. The highest BCUT2D eigenvalue weighted by Crippen LogP contribution is 2.39. The number of nitrogens with two attached hydrogens (primary N) is 1. The lowest BCUT2D eigenvalue weighted by Gasteiger charge is -2.32. The minimum Gasteiger partial charge on any atom is -0.455 e. The molecule has 1 aliphatic carbocycles. The van der Waals surface area contributed by atoms with Gasteiger partial charge in [0.05, 0.1) is 0 Å². The quantitative estimate of drug-likeness (QED) is 0.816. The number of rotatable bonds is 1. The Morgan fingerprint density at radius 3 is 2.72 bits per heavy atom. The van der Waals surface area contributed by atoms with Crippen LogP contribution in [0.2, 0.25) is 0 Å². The molecule has 1 fully saturated rings. The third kappa shape index (κ3) is 1.82. The highest BCUT2D eigenvalue weighted by molar-refractivity contribution is 5.78. The fraction of sp³-hybridized carbons (Fsp3) is 0.429. The molecule has 96 valence electrons. The Kier molecular flexibility index (Phi) is 2.64. The molecular weight excluding hydrogens is 233 g/mol. The summed E-state index contributed by atoms with van der Waals surface area (Å²) in [4.78, 5) is 0. The molecule has 0 saturated heterocycles. The topological polar surface area (TPSA) is 59.4 Å². The van der Waals surface area contributed by atoms with Crippen LogP contribution in [0.3, 0.4) is 0 Å². The molecule has 1 saturated carbocycles. The minimum absolute atomic E-state index is 0.145. The zero-order valence-corrected chi connectivity index (χ0v) is 10.0. The molecule has 0 spiro atoms. The lowest BCUT2D eigenvalue weighted by Crippen LogP contribution is -2.36. The van der Waals surface area contributed by atoms with E-state index in [1.54, 1.807) is 18.2 Å². The molecule has 3 nitrogen and oxygen atoms in total. The van der Waals surface area contributed by atoms with E-state index in [4.69, 9.17) is 10.2 Å². The molecule has 0 unspecified atom stereocenters. The molecule has 1 aliphatic rings. The molecule has 18 heavy (non-hydrogen) atoms. The van der Waals surface area contributed by atoms with Gasteiger partial charge in [-0.05, 0) is 37.8 Å². The van der Waals surface area contributed by atoms with E-state index in [9.17, 15) is 9.50 Å². The smallest absolute Gasteiger partial charge is 0.170 e. The second-order valence-corrected chi connectivity index (χ2v) is 5.14. The Morgan fingerprint density at radius 1 is 1.33 bits per heavy atom. The number of para-hydroxylation sites is 1. The highest BCUT2D eigenvalue weighted by Gasteiger charge is 2.36. The Labute approximate surface area is 104 Å². The lowest BCUT2D eigenvalue weighted by atomic mass is 9.81. The average Bonchev–Trinajstić information content (AvgIpc) is 2.79. The van der Waals surface area contributed by atoms with Gasteiger partial charge < -0.3 is 15.3 Å². The molecule has 0 radical (unpaired) electrons. The van der Waals surface area contributed by atoms with Crippen LogP contribution < -0.4 is 5.73 Å². The summed E-state index contributed by atoms with van der Waals surface area (Å²) in [5, 5.41) is 11.3. The van der Waals surface area contributed by atoms with Gasteiger partial charge in [0.15, 0.2) is 11.4 Å². The largest absolute Gasteiger partial charge is 0.455 e. The number of hydrogen-bond donors (Lipinski definition) is 2. The molecule has 1 heterocycles. The van der Waals surface area contributed by atoms with Gasteiger partial charge in [-0.2, -0.15) is 0 Å². The Balaban J connectivity index is 2.01. The van der Waals surface area contributed by atoms with Gasteiger partial charge in [-0.15, -0.1) is 0 Å². The van der Waals surface area contributed by atoms with Crippen LogP contribution in [0.15, 0.2) is 28.7 Å². The maximum absolute atomic E-state index is 13.6. The van der Waals surface area contributed by atoms with Gasteiger partial charge in [0.1, 0.15) is 11.4 Å². The summed E-state index contributed by atoms with van der Waals surface area (Å²) in [6.45, 7) is 0. The van der Waals surface area contributed by atoms with Crippen molar-refractivity contribution in [1.82, 2.24) is 0 Å². The van der Waals surface area contributed by atoms with Crippen molar-refractivity contribution in [3.63, 3.8) is 0 Å². The summed E-state index contributed by atoms with van der Waals surface area (Å²) >= 11 is 0. The van der Waals surface area contributed by atoms with Crippen molar-refractivity contribution in [2.75, 3.05) is 0 Å². The molecule has 1 aromatic carbocycles. The maximum Gasteiger partial charge on any atom is 0.170 e. The number of fused-ring (bicyclic) bond motifs is 1. The van der Waals surface area contributed by atoms with Crippen molar-refractivity contribution < 1.29 is 13.9 Å². The summed E-state index contributed by atoms with van der Waals surface area (Å²) in [6.07, 6.45) is 2.65. The molecular formula is C14H16FNO2. The SMILES string of the molecule is NC1CCC(O)(c2cc3cccc(F)c3o2)CC1. The van der Waals surface area contributed by atoms with E-state index in [-0.39, 0.29) is 11.6 Å². The maximum atomic E-state index is 13.6. The van der Waals surface area contributed by atoms with Crippen LogP contribution in [0.25, 0.3) is 11.0 Å². The third-order valence-corrected chi connectivity index (χ3v) is 3.81. The Bertz CT molecular complexity index is 570. The number of halogens is 1. The lowest BCUT2D eigenvalue weighted by molar-refractivity contribution is -0.0226. The number of hydrogen-bond acceptors (Lipinski definition) is 3. The fourth-order valence-electron chi connectivity index (χ4n) is 2.62. The van der Waals surface area contributed by atoms with Gasteiger partial charge >= 0.3 is 0 Å². The van der Waals surface area contributed by atoms with E-state index in [1.165, 1.54) is 6.07 Å². The van der Waals surface area contributed by atoms with Gasteiger partial charge in [0.2, 0.25) is 0 Å². The van der Waals surface area contributed by atoms with E-state index < -0.39 is 11.4 Å². The molecule has 2 aromatic rings. The van der Waals surface area contributed by atoms with Crippen molar-refractivity contribution in [3.8, 4) is 0 Å². The van der Waals surface area contributed by atoms with Crippen LogP contribution >= 0.6 is 0 Å². The first kappa shape index (κ1) is 11.7. The molecule has 3 rings (SSSR count). The molecule has 4 heteroatoms. The van der Waals surface area contributed by atoms with E-state index in [0.717, 1.165) is 12.8 Å². The summed E-state index contributed by atoms with van der Waals surface area (Å²) in [5.74, 6) is 0.0596. The first-order chi connectivity index (χ1) is 8.58. The summed E-state index contributed by atoms with van der Waals surface area (Å²) in [5.41, 5.74) is 5.05. The molecule has 1 aromatic heterocycles. The third-order valence-electron chi connectivity index (χ3n) is 3.81. The van der Waals surface area contributed by atoms with E-state index in [2.05, 4.69) is 0 Å². The van der Waals surface area contributed by atoms with Crippen molar-refractivity contribution in [3.05, 3.63) is 35.8 Å². The second kappa shape index (κ2) is 4.07. The van der Waals surface area contributed by atoms with Gasteiger partial charge in [0.25, 0.3) is 0 Å². The van der Waals surface area contributed by atoms with Crippen molar-refractivity contribution in [2.24, 2.45) is 5.73 Å². The van der Waals surface area contributed by atoms with Crippen LogP contribution in [0, 0.1) is 5.82 Å². The van der Waals surface area contributed by atoms with Gasteiger partial charge in [-0.1, -0.05) is 12.1 Å². The standard InChI is InChI=1S/C14H16FNO2/c15-11-3-1-2-9-8-12(18-13(9)11)14(17)6-4-10(16)5-7-14/h1-3,8,10,17H,4-7,16H2. The van der Waals surface area contributed by atoms with Gasteiger partial charge in [0, 0.05) is 11.4 Å². The normalized spacial score (nSPS) is 28.7. The predicted molar refractivity (Wildman–Crippen MR) is 66.5 cm³/mol. The van der Waals surface area contributed by atoms with Gasteiger partial charge in [-0.3, -0.25) is 0 Å². The Hall–Kier alpha value is -1.39. The van der Waals surface area contributed by atoms with Crippen molar-refractivity contribution in [2.45, 2.75) is 37.3 Å². The molecule has 0 amide bonds. The average molecular weight is 249 g/mol. The highest BCUT2D eigenvalue weighted by atomic mass is 19.1. The number of furan rings is 1. The fourth-order valence-corrected chi connectivity index (χ4v) is 2.62. The first-order valence-corrected chi connectivity index (χ1v) is 6.25. The summed E-state index contributed by atoms with van der Waals surface area (Å²) in [7, 11) is 0. The number of benzene rings is 1. The number of aliphatic hydroxyl groups is 1. The second-order valence-electron chi connectivity index (χ2n) is 5.14. The van der Waals surface area contributed by atoms with Crippen LogP contribution in [0.5, 0.6) is 0 Å². The van der Waals surface area contributed by atoms with Gasteiger partial charge in [-0.25, -0.2) is 4.39 Å². The van der Waals surface area contributed by atoms with E-state index in [0.29, 0.717) is 24.0 Å². The molecule has 0 bridgehead atoms. The molecule has 3 N–H and O–H groups in total. The van der Waals surface area contributed by atoms with Crippen molar-refractivity contribution >= 4 is 11.0 Å². The van der Waals surface area contributed by atoms with Crippen LogP contribution in [-0.4, -0.2) is 11.1 Å². The Morgan fingerprint density at radius 2 is 2.06 bits per heavy atom.